The topological polar surface area (TPSA) is 41.9 Å². The minimum absolute atomic E-state index is 0.0712. The summed E-state index contributed by atoms with van der Waals surface area (Å²) in [5.41, 5.74) is 4.06. The van der Waals surface area contributed by atoms with Gasteiger partial charge in [-0.2, -0.15) is 0 Å². The maximum atomic E-state index is 13.6. The van der Waals surface area contributed by atoms with Crippen LogP contribution < -0.4 is 4.74 Å². The van der Waals surface area contributed by atoms with Crippen molar-refractivity contribution in [3.8, 4) is 5.75 Å². The quantitative estimate of drug-likeness (QED) is 0.174. The Balaban J connectivity index is 1.21. The summed E-state index contributed by atoms with van der Waals surface area (Å²) in [5.74, 6) is 0.529. The van der Waals surface area contributed by atoms with Crippen molar-refractivity contribution in [1.82, 2.24) is 4.90 Å². The largest absolute Gasteiger partial charge is 0.487 e. The Labute approximate surface area is 249 Å². The van der Waals surface area contributed by atoms with Gasteiger partial charge in [0.25, 0.3) is 5.91 Å². The van der Waals surface area contributed by atoms with Gasteiger partial charge >= 0.3 is 0 Å². The number of carbonyl (C=O) groups excluding carboxylic acids is 1. The first-order valence-corrected chi connectivity index (χ1v) is 14.6. The Bertz CT molecular complexity index is 1750. The van der Waals surface area contributed by atoms with E-state index in [1.165, 1.54) is 17.1 Å². The van der Waals surface area contributed by atoms with Crippen LogP contribution in [0, 0.1) is 0 Å². The van der Waals surface area contributed by atoms with E-state index in [0.717, 1.165) is 27.6 Å². The molecule has 1 saturated heterocycles. The van der Waals surface area contributed by atoms with Gasteiger partial charge in [-0.15, -0.1) is 0 Å². The number of thioether (sulfide) groups is 1. The van der Waals surface area contributed by atoms with Gasteiger partial charge in [0.15, 0.2) is 5.17 Å². The molecule has 4 nitrogen and oxygen atoms in total. The lowest BCUT2D eigenvalue weighted by molar-refractivity contribution is -0.122. The average molecular weight is 575 g/mol. The van der Waals surface area contributed by atoms with E-state index in [4.69, 9.17) is 21.3 Å². The van der Waals surface area contributed by atoms with Crippen molar-refractivity contribution < 1.29 is 9.53 Å². The number of hydrogen-bond acceptors (Lipinski definition) is 4. The Kier molecular flexibility index (Phi) is 8.17. The van der Waals surface area contributed by atoms with Crippen LogP contribution in [0.5, 0.6) is 5.75 Å². The number of amidine groups is 1. The van der Waals surface area contributed by atoms with Crippen LogP contribution in [0.3, 0.4) is 0 Å². The van der Waals surface area contributed by atoms with Crippen molar-refractivity contribution in [2.24, 2.45) is 4.99 Å². The minimum Gasteiger partial charge on any atom is -0.487 e. The molecule has 0 unspecified atom stereocenters. The number of rotatable bonds is 8. The highest BCUT2D eigenvalue weighted by Crippen LogP contribution is 2.35. The standard InChI is InChI=1S/C35H27ClN2O2S/c36-31-20-27(18-19-32(31)40-24-29-16-9-15-28-14-7-8-17-30(28)29)21-33-34(39)38(23-26-12-5-2-6-13-26)35(41-33)37-22-25-10-3-1-4-11-25/h1-21H,22-24H2/b33-21+,37-35?. The van der Waals surface area contributed by atoms with Gasteiger partial charge in [0, 0.05) is 0 Å². The molecule has 0 saturated carbocycles. The average Bonchev–Trinajstić information content (AvgIpc) is 3.30. The molecule has 0 aromatic heterocycles. The minimum atomic E-state index is -0.0712. The van der Waals surface area contributed by atoms with Crippen molar-refractivity contribution in [3.05, 3.63) is 154 Å². The van der Waals surface area contributed by atoms with Gasteiger partial charge in [0.2, 0.25) is 0 Å². The van der Waals surface area contributed by atoms with E-state index in [9.17, 15) is 4.79 Å². The zero-order valence-electron chi connectivity index (χ0n) is 22.2. The van der Waals surface area contributed by atoms with Crippen molar-refractivity contribution in [1.29, 1.82) is 0 Å². The van der Waals surface area contributed by atoms with Crippen LogP contribution in [0.4, 0.5) is 0 Å². The summed E-state index contributed by atoms with van der Waals surface area (Å²) in [6.07, 6.45) is 1.87. The van der Waals surface area contributed by atoms with E-state index in [-0.39, 0.29) is 5.91 Å². The van der Waals surface area contributed by atoms with Crippen LogP contribution in [0.2, 0.25) is 5.02 Å². The molecule has 5 aromatic rings. The first-order chi connectivity index (χ1) is 20.1. The fraction of sp³-hybridized carbons (Fsp3) is 0.0857. The van der Waals surface area contributed by atoms with E-state index in [2.05, 4.69) is 24.3 Å². The number of carbonyl (C=O) groups is 1. The molecule has 0 aliphatic carbocycles. The van der Waals surface area contributed by atoms with Crippen LogP contribution in [0.1, 0.15) is 22.3 Å². The Hall–Kier alpha value is -4.32. The summed E-state index contributed by atoms with van der Waals surface area (Å²) >= 11 is 8.03. The second-order valence-electron chi connectivity index (χ2n) is 9.69. The lowest BCUT2D eigenvalue weighted by Crippen LogP contribution is -2.28. The molecular formula is C35H27ClN2O2S. The molecule has 41 heavy (non-hydrogen) atoms. The third-order valence-corrected chi connectivity index (χ3v) is 8.17. The van der Waals surface area contributed by atoms with Crippen LogP contribution >= 0.6 is 23.4 Å². The molecule has 5 aromatic carbocycles. The fourth-order valence-electron chi connectivity index (χ4n) is 4.72. The van der Waals surface area contributed by atoms with Gasteiger partial charge in [0.05, 0.1) is 23.0 Å². The van der Waals surface area contributed by atoms with Crippen LogP contribution in [-0.2, 0) is 24.5 Å². The zero-order chi connectivity index (χ0) is 28.0. The molecule has 0 atom stereocenters. The molecule has 1 amide bonds. The zero-order valence-corrected chi connectivity index (χ0v) is 23.8. The summed E-state index contributed by atoms with van der Waals surface area (Å²) in [6, 6.07) is 40.1. The molecule has 1 fully saturated rings. The molecule has 6 rings (SSSR count). The van der Waals surface area contributed by atoms with E-state index in [0.29, 0.717) is 40.5 Å². The first kappa shape index (κ1) is 26.9. The van der Waals surface area contributed by atoms with E-state index in [1.807, 2.05) is 103 Å². The molecule has 1 heterocycles. The second-order valence-corrected chi connectivity index (χ2v) is 11.1. The third kappa shape index (κ3) is 6.37. The Morgan fingerprint density at radius 1 is 0.805 bits per heavy atom. The summed E-state index contributed by atoms with van der Waals surface area (Å²) in [5, 5.41) is 3.52. The van der Waals surface area contributed by atoms with Crippen molar-refractivity contribution in [2.75, 3.05) is 0 Å². The molecule has 202 valence electrons. The molecule has 0 bridgehead atoms. The van der Waals surface area contributed by atoms with Crippen molar-refractivity contribution >= 4 is 51.3 Å². The van der Waals surface area contributed by atoms with Gasteiger partial charge in [0.1, 0.15) is 12.4 Å². The number of fused-ring (bicyclic) bond motifs is 1. The normalized spacial score (nSPS) is 15.2. The number of hydrogen-bond donors (Lipinski definition) is 0. The molecular weight excluding hydrogens is 548 g/mol. The molecule has 0 N–H and O–H groups in total. The Morgan fingerprint density at radius 3 is 2.29 bits per heavy atom. The number of benzene rings is 5. The van der Waals surface area contributed by atoms with Gasteiger partial charge in [-0.3, -0.25) is 14.7 Å². The second kappa shape index (κ2) is 12.5. The number of halogens is 1. The summed E-state index contributed by atoms with van der Waals surface area (Å²) in [7, 11) is 0. The number of amides is 1. The Morgan fingerprint density at radius 2 is 1.51 bits per heavy atom. The van der Waals surface area contributed by atoms with Crippen molar-refractivity contribution in [3.63, 3.8) is 0 Å². The monoisotopic (exact) mass is 574 g/mol. The van der Waals surface area contributed by atoms with Crippen LogP contribution in [0.15, 0.2) is 131 Å². The summed E-state index contributed by atoms with van der Waals surface area (Å²) < 4.78 is 6.10. The van der Waals surface area contributed by atoms with Gasteiger partial charge < -0.3 is 4.74 Å². The predicted molar refractivity (Wildman–Crippen MR) is 170 cm³/mol. The van der Waals surface area contributed by atoms with Crippen LogP contribution in [0.25, 0.3) is 16.8 Å². The number of ether oxygens (including phenoxy) is 1. The van der Waals surface area contributed by atoms with Crippen LogP contribution in [-0.4, -0.2) is 16.0 Å². The lowest BCUT2D eigenvalue weighted by Gasteiger charge is -2.15. The summed E-state index contributed by atoms with van der Waals surface area (Å²) in [6.45, 7) is 1.37. The maximum absolute atomic E-state index is 13.6. The smallest absolute Gasteiger partial charge is 0.267 e. The first-order valence-electron chi connectivity index (χ1n) is 13.4. The molecule has 1 aliphatic rings. The molecule has 0 radical (unpaired) electrons. The van der Waals surface area contributed by atoms with E-state index < -0.39 is 0 Å². The van der Waals surface area contributed by atoms with Gasteiger partial charge in [-0.1, -0.05) is 121 Å². The summed E-state index contributed by atoms with van der Waals surface area (Å²) in [4.78, 5) is 20.7. The molecule has 6 heteroatoms. The van der Waals surface area contributed by atoms with Gasteiger partial charge in [-0.05, 0) is 63.0 Å². The van der Waals surface area contributed by atoms with Crippen molar-refractivity contribution in [2.45, 2.75) is 19.7 Å². The number of nitrogens with zero attached hydrogens (tertiary/aromatic N) is 2. The fourth-order valence-corrected chi connectivity index (χ4v) is 5.94. The lowest BCUT2D eigenvalue weighted by atomic mass is 10.1. The van der Waals surface area contributed by atoms with E-state index >= 15 is 0 Å². The molecule has 0 spiro atoms. The predicted octanol–water partition coefficient (Wildman–Crippen LogP) is 8.74. The highest BCUT2D eigenvalue weighted by atomic mass is 35.5. The van der Waals surface area contributed by atoms with E-state index in [1.54, 1.807) is 4.90 Å². The molecule has 1 aliphatic heterocycles. The maximum Gasteiger partial charge on any atom is 0.267 e. The van der Waals surface area contributed by atoms with Gasteiger partial charge in [-0.25, -0.2) is 0 Å². The third-order valence-electron chi connectivity index (χ3n) is 6.83. The highest BCUT2D eigenvalue weighted by Gasteiger charge is 2.33. The number of aliphatic imine (C=N–C) groups is 1. The highest BCUT2D eigenvalue weighted by molar-refractivity contribution is 8.18. The SMILES string of the molecule is O=C1/C(=C\c2ccc(OCc3cccc4ccccc34)c(Cl)c2)SC(=NCc2ccccc2)N1Cc1ccccc1.